The highest BCUT2D eigenvalue weighted by Crippen LogP contribution is 2.59. The highest BCUT2D eigenvalue weighted by atomic mass is 32.3. The number of carbonyl (C=O) groups is 2. The highest BCUT2D eigenvalue weighted by Gasteiger charge is 2.36. The number of rotatable bonds is 5. The Labute approximate surface area is 192 Å². The lowest BCUT2D eigenvalue weighted by Gasteiger charge is -2.42. The van der Waals surface area contributed by atoms with Crippen molar-refractivity contribution in [2.24, 2.45) is 5.41 Å². The van der Waals surface area contributed by atoms with Gasteiger partial charge in [0.25, 0.3) is 5.91 Å². The van der Waals surface area contributed by atoms with Crippen molar-refractivity contribution in [1.29, 1.82) is 0 Å². The van der Waals surface area contributed by atoms with Gasteiger partial charge in [0.05, 0.1) is 0 Å². The maximum atomic E-state index is 14.0. The molecule has 4 heteroatoms. The molecule has 1 aliphatic rings. The van der Waals surface area contributed by atoms with E-state index < -0.39 is 10.0 Å². The van der Waals surface area contributed by atoms with E-state index in [1.807, 2.05) is 61.5 Å². The van der Waals surface area contributed by atoms with Crippen LogP contribution in [0.2, 0.25) is 0 Å². The lowest BCUT2D eigenvalue weighted by molar-refractivity contribution is 0.0955. The van der Waals surface area contributed by atoms with Crippen molar-refractivity contribution in [3.63, 3.8) is 0 Å². The topological polar surface area (TPSA) is 46.2 Å². The van der Waals surface area contributed by atoms with Crippen molar-refractivity contribution < 1.29 is 9.59 Å². The zero-order chi connectivity index (χ0) is 22.8. The number of carbonyl (C=O) groups excluding carboxylic acids is 2. The first-order valence-corrected chi connectivity index (χ1v) is 13.2. The van der Waals surface area contributed by atoms with Crippen LogP contribution in [0.5, 0.6) is 0 Å². The van der Waals surface area contributed by atoms with Crippen LogP contribution in [0, 0.1) is 5.41 Å². The van der Waals surface area contributed by atoms with Crippen LogP contribution in [-0.4, -0.2) is 23.3 Å². The first-order valence-electron chi connectivity index (χ1n) is 11.2. The SMILES string of the molecule is CCNC(=O)c1ccc2cc(C(=O)S3(Cc4ccccc4)C=CC(C)(C)CC3)ccc2c1. The summed E-state index contributed by atoms with van der Waals surface area (Å²) in [6, 6.07) is 21.9. The van der Waals surface area contributed by atoms with Crippen molar-refractivity contribution in [2.75, 3.05) is 12.3 Å². The van der Waals surface area contributed by atoms with Gasteiger partial charge in [0, 0.05) is 23.4 Å². The number of fused-ring (bicyclic) bond motifs is 1. The van der Waals surface area contributed by atoms with Crippen molar-refractivity contribution >= 4 is 31.8 Å². The molecule has 0 fully saturated rings. The molecule has 1 atom stereocenters. The first-order chi connectivity index (χ1) is 15.3. The summed E-state index contributed by atoms with van der Waals surface area (Å²) in [5, 5.41) is 7.29. The van der Waals surface area contributed by atoms with Crippen LogP contribution < -0.4 is 5.32 Å². The van der Waals surface area contributed by atoms with Gasteiger partial charge in [0.1, 0.15) is 0 Å². The summed E-state index contributed by atoms with van der Waals surface area (Å²) in [7, 11) is -1.63. The summed E-state index contributed by atoms with van der Waals surface area (Å²) < 4.78 is 0. The molecule has 0 aromatic heterocycles. The number of nitrogens with one attached hydrogen (secondary N) is 1. The maximum absolute atomic E-state index is 14.0. The van der Waals surface area contributed by atoms with Crippen molar-refractivity contribution in [1.82, 2.24) is 5.32 Å². The zero-order valence-corrected chi connectivity index (χ0v) is 19.9. The van der Waals surface area contributed by atoms with Crippen molar-refractivity contribution in [3.8, 4) is 0 Å². The Balaban J connectivity index is 1.70. The molecule has 166 valence electrons. The minimum atomic E-state index is -1.63. The summed E-state index contributed by atoms with van der Waals surface area (Å²) in [6.45, 7) is 6.98. The Morgan fingerprint density at radius 1 is 0.938 bits per heavy atom. The molecule has 1 unspecified atom stereocenters. The fourth-order valence-electron chi connectivity index (χ4n) is 4.13. The number of benzene rings is 3. The second-order valence-electron chi connectivity index (χ2n) is 9.24. The van der Waals surface area contributed by atoms with Gasteiger partial charge in [0.2, 0.25) is 5.12 Å². The van der Waals surface area contributed by atoms with Crippen LogP contribution in [-0.2, 0) is 5.75 Å². The van der Waals surface area contributed by atoms with Gasteiger partial charge in [-0.05, 0) is 70.5 Å². The molecule has 0 bridgehead atoms. The first kappa shape index (κ1) is 22.3. The Bertz CT molecular complexity index is 1180. The maximum Gasteiger partial charge on any atom is 0.251 e. The molecule has 0 saturated carbocycles. The fourth-order valence-corrected chi connectivity index (χ4v) is 7.85. The second kappa shape index (κ2) is 8.95. The van der Waals surface area contributed by atoms with Crippen LogP contribution in [0.25, 0.3) is 10.8 Å². The third-order valence-corrected chi connectivity index (χ3v) is 9.61. The van der Waals surface area contributed by atoms with E-state index in [0.29, 0.717) is 12.1 Å². The van der Waals surface area contributed by atoms with E-state index in [0.717, 1.165) is 34.3 Å². The average molecular weight is 446 g/mol. The van der Waals surface area contributed by atoms with Crippen LogP contribution in [0.4, 0.5) is 0 Å². The lowest BCUT2D eigenvalue weighted by atomic mass is 9.90. The van der Waals surface area contributed by atoms with Crippen LogP contribution in [0.3, 0.4) is 0 Å². The Kier molecular flexibility index (Phi) is 6.25. The third-order valence-electron chi connectivity index (χ3n) is 6.20. The normalized spacial score (nSPS) is 21.6. The van der Waals surface area contributed by atoms with Gasteiger partial charge in [-0.25, -0.2) is 0 Å². The quantitative estimate of drug-likeness (QED) is 0.476. The Hall–Kier alpha value is -2.85. The van der Waals surface area contributed by atoms with E-state index in [4.69, 9.17) is 0 Å². The third kappa shape index (κ3) is 4.66. The molecule has 0 aliphatic carbocycles. The molecule has 32 heavy (non-hydrogen) atoms. The van der Waals surface area contributed by atoms with Crippen LogP contribution in [0.15, 0.2) is 78.2 Å². The monoisotopic (exact) mass is 445 g/mol. The molecule has 0 radical (unpaired) electrons. The van der Waals surface area contributed by atoms with E-state index in [1.54, 1.807) is 0 Å². The summed E-state index contributed by atoms with van der Waals surface area (Å²) in [5.41, 5.74) is 2.75. The van der Waals surface area contributed by atoms with Gasteiger partial charge < -0.3 is 5.32 Å². The van der Waals surface area contributed by atoms with Gasteiger partial charge in [-0.2, -0.15) is 10.0 Å². The smallest absolute Gasteiger partial charge is 0.251 e. The summed E-state index contributed by atoms with van der Waals surface area (Å²) in [6.07, 6.45) is 3.27. The van der Waals surface area contributed by atoms with Crippen molar-refractivity contribution in [2.45, 2.75) is 32.9 Å². The standard InChI is InChI=1S/C28H31NO2S/c1-4-29-26(30)24-12-10-23-19-25(13-11-22(23)18-24)27(31)32(16-14-28(2,3)15-17-32)20-21-8-6-5-7-9-21/h5-14,16,18-19H,4,15,17,20H2,1-3H3,(H,29,30). The molecule has 1 amide bonds. The molecular weight excluding hydrogens is 414 g/mol. The van der Waals surface area contributed by atoms with Gasteiger partial charge in [-0.1, -0.05) is 62.4 Å². The predicted molar refractivity (Wildman–Crippen MR) is 136 cm³/mol. The minimum Gasteiger partial charge on any atom is -0.352 e. The Morgan fingerprint density at radius 2 is 1.59 bits per heavy atom. The largest absolute Gasteiger partial charge is 0.352 e. The number of hydrogen-bond acceptors (Lipinski definition) is 2. The minimum absolute atomic E-state index is 0.0734. The van der Waals surface area contributed by atoms with E-state index in [1.165, 1.54) is 5.56 Å². The molecular formula is C28H31NO2S. The van der Waals surface area contributed by atoms with Gasteiger partial charge >= 0.3 is 0 Å². The summed E-state index contributed by atoms with van der Waals surface area (Å²) >= 11 is 0. The molecule has 1 N–H and O–H groups in total. The van der Waals surface area contributed by atoms with Gasteiger partial charge in [0.15, 0.2) is 0 Å². The van der Waals surface area contributed by atoms with E-state index in [-0.39, 0.29) is 16.4 Å². The molecule has 3 aromatic rings. The highest BCUT2D eigenvalue weighted by molar-refractivity contribution is 8.47. The Morgan fingerprint density at radius 3 is 2.22 bits per heavy atom. The number of allylic oxidation sites excluding steroid dienone is 1. The lowest BCUT2D eigenvalue weighted by Crippen LogP contribution is -2.25. The number of amides is 1. The molecule has 3 aromatic carbocycles. The summed E-state index contributed by atoms with van der Waals surface area (Å²) in [5.74, 6) is 1.63. The second-order valence-corrected chi connectivity index (χ2v) is 12.5. The molecule has 3 nitrogen and oxygen atoms in total. The predicted octanol–water partition coefficient (Wildman–Crippen LogP) is 6.68. The van der Waals surface area contributed by atoms with Crippen LogP contribution >= 0.6 is 10.0 Å². The zero-order valence-electron chi connectivity index (χ0n) is 19.1. The van der Waals surface area contributed by atoms with Crippen LogP contribution in [0.1, 0.15) is 53.5 Å². The van der Waals surface area contributed by atoms with E-state index in [9.17, 15) is 9.59 Å². The van der Waals surface area contributed by atoms with E-state index >= 15 is 0 Å². The van der Waals surface area contributed by atoms with Gasteiger partial charge in [-0.15, -0.1) is 0 Å². The summed E-state index contributed by atoms with van der Waals surface area (Å²) in [4.78, 5) is 26.1. The number of hydrogen-bond donors (Lipinski definition) is 1. The van der Waals surface area contributed by atoms with E-state index in [2.05, 4.69) is 42.8 Å². The molecule has 1 aliphatic heterocycles. The fraction of sp³-hybridized carbons (Fsp3) is 0.286. The molecule has 4 rings (SSSR count). The van der Waals surface area contributed by atoms with Crippen molar-refractivity contribution in [3.05, 3.63) is 94.9 Å². The average Bonchev–Trinajstić information content (AvgIpc) is 2.80. The van der Waals surface area contributed by atoms with Gasteiger partial charge in [-0.3, -0.25) is 9.59 Å². The molecule has 0 spiro atoms. The molecule has 0 saturated heterocycles. The molecule has 1 heterocycles.